The van der Waals surface area contributed by atoms with E-state index in [1.807, 2.05) is 44.2 Å². The van der Waals surface area contributed by atoms with Crippen LogP contribution in [-0.4, -0.2) is 13.2 Å². The molecule has 1 N–H and O–H groups in total. The Morgan fingerprint density at radius 1 is 1.00 bits per heavy atom. The first kappa shape index (κ1) is 16.8. The number of halogens is 2. The monoisotopic (exact) mass is 339 g/mol. The fourth-order valence-corrected chi connectivity index (χ4v) is 2.56. The lowest BCUT2D eigenvalue weighted by molar-refractivity contribution is 0.230. The van der Waals surface area contributed by atoms with Crippen LogP contribution in [0.25, 0.3) is 0 Å². The van der Waals surface area contributed by atoms with Crippen LogP contribution in [0, 0.1) is 0 Å². The minimum atomic E-state index is 0.103. The number of nitrogens with one attached hydrogen (secondary N) is 1. The highest BCUT2D eigenvalue weighted by Crippen LogP contribution is 2.29. The quantitative estimate of drug-likeness (QED) is 0.764. The molecule has 2 aromatic rings. The molecule has 0 atom stereocenters. The molecule has 0 radical (unpaired) electrons. The van der Waals surface area contributed by atoms with Crippen LogP contribution in [0.15, 0.2) is 36.4 Å². The smallest absolute Gasteiger partial charge is 0.161 e. The molecule has 5 heteroatoms. The van der Waals surface area contributed by atoms with Crippen LogP contribution in [0.1, 0.15) is 19.4 Å². The highest BCUT2D eigenvalue weighted by Gasteiger charge is 2.07. The zero-order chi connectivity index (χ0) is 16.1. The summed E-state index contributed by atoms with van der Waals surface area (Å²) < 4.78 is 11.1. The summed E-state index contributed by atoms with van der Waals surface area (Å²) in [6.07, 6.45) is 0.103. The van der Waals surface area contributed by atoms with Gasteiger partial charge < -0.3 is 14.8 Å². The van der Waals surface area contributed by atoms with E-state index in [0.717, 1.165) is 22.7 Å². The second kappa shape index (κ2) is 7.61. The Balaban J connectivity index is 2.09. The average molecular weight is 340 g/mol. The standard InChI is InChI=1S/C17H19Cl2NO2/c1-11(2)22-16-5-4-12(6-17(16)21-3)10-20-15-8-13(18)7-14(19)9-15/h4-9,11,20H,10H2,1-3H3. The topological polar surface area (TPSA) is 30.5 Å². The molecule has 2 rings (SSSR count). The van der Waals surface area contributed by atoms with Gasteiger partial charge >= 0.3 is 0 Å². The second-order valence-corrected chi connectivity index (χ2v) is 6.04. The van der Waals surface area contributed by atoms with Crippen molar-refractivity contribution in [1.29, 1.82) is 0 Å². The Hall–Kier alpha value is -1.58. The van der Waals surface area contributed by atoms with Crippen LogP contribution in [-0.2, 0) is 6.54 Å². The van der Waals surface area contributed by atoms with Crippen LogP contribution in [0.2, 0.25) is 10.0 Å². The number of rotatable bonds is 6. The Bertz CT molecular complexity index is 624. The molecule has 0 bridgehead atoms. The molecule has 118 valence electrons. The summed E-state index contributed by atoms with van der Waals surface area (Å²) in [6.45, 7) is 4.60. The number of benzene rings is 2. The van der Waals surface area contributed by atoms with E-state index in [2.05, 4.69) is 5.32 Å². The molecule has 0 fully saturated rings. The third kappa shape index (κ3) is 4.72. The summed E-state index contributed by atoms with van der Waals surface area (Å²) >= 11 is 12.0. The summed E-state index contributed by atoms with van der Waals surface area (Å²) in [4.78, 5) is 0. The molecule has 0 saturated heterocycles. The predicted molar refractivity (Wildman–Crippen MR) is 92.5 cm³/mol. The maximum Gasteiger partial charge on any atom is 0.161 e. The van der Waals surface area contributed by atoms with Gasteiger partial charge in [-0.2, -0.15) is 0 Å². The van der Waals surface area contributed by atoms with Crippen molar-refractivity contribution in [3.05, 3.63) is 52.0 Å². The highest BCUT2D eigenvalue weighted by molar-refractivity contribution is 6.35. The molecule has 22 heavy (non-hydrogen) atoms. The van der Waals surface area contributed by atoms with E-state index < -0.39 is 0 Å². The van der Waals surface area contributed by atoms with E-state index >= 15 is 0 Å². The molecule has 0 aliphatic rings. The van der Waals surface area contributed by atoms with Gasteiger partial charge in [0.15, 0.2) is 11.5 Å². The predicted octanol–water partition coefficient (Wildman–Crippen LogP) is 5.40. The second-order valence-electron chi connectivity index (χ2n) is 5.16. The average Bonchev–Trinajstić information content (AvgIpc) is 2.44. The minimum Gasteiger partial charge on any atom is -0.493 e. The van der Waals surface area contributed by atoms with Gasteiger partial charge in [0.05, 0.1) is 13.2 Å². The number of anilines is 1. The Labute approximate surface area is 141 Å². The van der Waals surface area contributed by atoms with Crippen LogP contribution in [0.4, 0.5) is 5.69 Å². The molecular weight excluding hydrogens is 321 g/mol. The largest absolute Gasteiger partial charge is 0.493 e. The molecule has 0 spiro atoms. The van der Waals surface area contributed by atoms with Gasteiger partial charge in [0.25, 0.3) is 0 Å². The first-order valence-corrected chi connectivity index (χ1v) is 7.77. The summed E-state index contributed by atoms with van der Waals surface area (Å²) in [6, 6.07) is 11.2. The van der Waals surface area contributed by atoms with Gasteiger partial charge in [0, 0.05) is 22.3 Å². The van der Waals surface area contributed by atoms with E-state index in [0.29, 0.717) is 16.6 Å². The molecule has 3 nitrogen and oxygen atoms in total. The summed E-state index contributed by atoms with van der Waals surface area (Å²) in [5.74, 6) is 1.46. The van der Waals surface area contributed by atoms with Gasteiger partial charge in [0.1, 0.15) is 0 Å². The van der Waals surface area contributed by atoms with Crippen molar-refractivity contribution in [3.63, 3.8) is 0 Å². The van der Waals surface area contributed by atoms with Crippen molar-refractivity contribution in [2.24, 2.45) is 0 Å². The van der Waals surface area contributed by atoms with E-state index in [9.17, 15) is 0 Å². The maximum absolute atomic E-state index is 5.99. The third-order valence-corrected chi connectivity index (χ3v) is 3.39. The van der Waals surface area contributed by atoms with Crippen molar-refractivity contribution in [3.8, 4) is 11.5 Å². The zero-order valence-corrected chi connectivity index (χ0v) is 14.3. The molecule has 2 aromatic carbocycles. The van der Waals surface area contributed by atoms with Crippen LogP contribution in [0.5, 0.6) is 11.5 Å². The highest BCUT2D eigenvalue weighted by atomic mass is 35.5. The Kier molecular flexibility index (Phi) is 5.81. The fourth-order valence-electron chi connectivity index (χ4n) is 2.03. The number of ether oxygens (including phenoxy) is 2. The maximum atomic E-state index is 5.99. The van der Waals surface area contributed by atoms with Crippen molar-refractivity contribution in [2.45, 2.75) is 26.5 Å². The lowest BCUT2D eigenvalue weighted by atomic mass is 10.2. The van der Waals surface area contributed by atoms with E-state index in [4.69, 9.17) is 32.7 Å². The van der Waals surface area contributed by atoms with Gasteiger partial charge in [-0.25, -0.2) is 0 Å². The van der Waals surface area contributed by atoms with E-state index in [1.165, 1.54) is 0 Å². The molecule has 0 amide bonds. The summed E-state index contributed by atoms with van der Waals surface area (Å²) in [5.41, 5.74) is 1.95. The molecule has 0 unspecified atom stereocenters. The normalized spacial score (nSPS) is 10.6. The molecule has 0 aliphatic carbocycles. The van der Waals surface area contributed by atoms with Gasteiger partial charge in [-0.1, -0.05) is 29.3 Å². The van der Waals surface area contributed by atoms with Crippen molar-refractivity contribution >= 4 is 28.9 Å². The zero-order valence-electron chi connectivity index (χ0n) is 12.8. The molecule has 0 aromatic heterocycles. The van der Waals surface area contributed by atoms with Crippen LogP contribution < -0.4 is 14.8 Å². The lowest BCUT2D eigenvalue weighted by Gasteiger charge is -2.15. The minimum absolute atomic E-state index is 0.103. The third-order valence-electron chi connectivity index (χ3n) is 2.95. The molecule has 0 aliphatic heterocycles. The van der Waals surface area contributed by atoms with Crippen molar-refractivity contribution < 1.29 is 9.47 Å². The number of hydrogen-bond donors (Lipinski definition) is 1. The number of hydrogen-bond acceptors (Lipinski definition) is 3. The van der Waals surface area contributed by atoms with Crippen LogP contribution >= 0.6 is 23.2 Å². The first-order valence-electron chi connectivity index (χ1n) is 7.01. The Morgan fingerprint density at radius 2 is 1.68 bits per heavy atom. The van der Waals surface area contributed by atoms with E-state index in [-0.39, 0.29) is 6.10 Å². The molecule has 0 heterocycles. The Morgan fingerprint density at radius 3 is 2.27 bits per heavy atom. The summed E-state index contributed by atoms with van der Waals surface area (Å²) in [5, 5.41) is 4.50. The van der Waals surface area contributed by atoms with Gasteiger partial charge in [-0.05, 0) is 49.7 Å². The lowest BCUT2D eigenvalue weighted by Crippen LogP contribution is -2.07. The van der Waals surface area contributed by atoms with Crippen LogP contribution in [0.3, 0.4) is 0 Å². The molecule has 0 saturated carbocycles. The first-order chi connectivity index (χ1) is 10.5. The van der Waals surface area contributed by atoms with Gasteiger partial charge in [0.2, 0.25) is 0 Å². The summed E-state index contributed by atoms with van der Waals surface area (Å²) in [7, 11) is 1.64. The van der Waals surface area contributed by atoms with Gasteiger partial charge in [-0.15, -0.1) is 0 Å². The molecular formula is C17H19Cl2NO2. The van der Waals surface area contributed by atoms with Crippen molar-refractivity contribution in [1.82, 2.24) is 0 Å². The SMILES string of the molecule is COc1cc(CNc2cc(Cl)cc(Cl)c2)ccc1OC(C)C. The number of methoxy groups -OCH3 is 1. The van der Waals surface area contributed by atoms with E-state index in [1.54, 1.807) is 13.2 Å². The van der Waals surface area contributed by atoms with Gasteiger partial charge in [-0.3, -0.25) is 0 Å². The fraction of sp³-hybridized carbons (Fsp3) is 0.294. The van der Waals surface area contributed by atoms with Crippen molar-refractivity contribution in [2.75, 3.05) is 12.4 Å².